The highest BCUT2D eigenvalue weighted by atomic mass is 79.9. The van der Waals surface area contributed by atoms with E-state index in [1.165, 1.54) is 12.1 Å². The number of rotatable bonds is 2. The van der Waals surface area contributed by atoms with Crippen molar-refractivity contribution in [2.24, 2.45) is 0 Å². The van der Waals surface area contributed by atoms with Crippen molar-refractivity contribution in [2.75, 3.05) is 11.1 Å². The maximum Gasteiger partial charge on any atom is 0.143 e. The average molecular weight is 394 g/mol. The van der Waals surface area contributed by atoms with Crippen LogP contribution < -0.4 is 11.1 Å². The van der Waals surface area contributed by atoms with E-state index in [9.17, 15) is 4.39 Å². The minimum Gasteiger partial charge on any atom is -0.397 e. The standard InChI is InChI=1S/C12H8Br2ClFN2/c13-6-1-2-11(7(14)3-6)18-12-4-8(15)9(16)5-10(12)17/h1-5,18H,17H2. The van der Waals surface area contributed by atoms with Crippen LogP contribution in [0.25, 0.3) is 0 Å². The van der Waals surface area contributed by atoms with Gasteiger partial charge in [-0.05, 0) is 40.2 Å². The average Bonchev–Trinajstić information content (AvgIpc) is 2.29. The van der Waals surface area contributed by atoms with E-state index in [1.54, 1.807) is 0 Å². The summed E-state index contributed by atoms with van der Waals surface area (Å²) >= 11 is 12.5. The highest BCUT2D eigenvalue weighted by Gasteiger charge is 2.08. The van der Waals surface area contributed by atoms with Crippen LogP contribution in [0.3, 0.4) is 0 Å². The van der Waals surface area contributed by atoms with Crippen molar-refractivity contribution >= 4 is 60.5 Å². The molecule has 2 rings (SSSR count). The molecule has 0 spiro atoms. The lowest BCUT2D eigenvalue weighted by Gasteiger charge is -2.12. The Bertz CT molecular complexity index is 605. The monoisotopic (exact) mass is 392 g/mol. The van der Waals surface area contributed by atoms with Gasteiger partial charge in [0.25, 0.3) is 0 Å². The second kappa shape index (κ2) is 5.47. The molecule has 2 aromatic rings. The lowest BCUT2D eigenvalue weighted by atomic mass is 10.2. The van der Waals surface area contributed by atoms with Gasteiger partial charge in [0.2, 0.25) is 0 Å². The van der Waals surface area contributed by atoms with Crippen molar-refractivity contribution in [1.29, 1.82) is 0 Å². The number of hydrogen-bond donors (Lipinski definition) is 2. The summed E-state index contributed by atoms with van der Waals surface area (Å²) < 4.78 is 15.0. The third-order valence-corrected chi connectivity index (χ3v) is 3.73. The first-order chi connectivity index (χ1) is 8.47. The number of nitrogens with two attached hydrogens (primary N) is 1. The van der Waals surface area contributed by atoms with E-state index in [-0.39, 0.29) is 5.02 Å². The number of benzene rings is 2. The van der Waals surface area contributed by atoms with Crippen molar-refractivity contribution < 1.29 is 4.39 Å². The van der Waals surface area contributed by atoms with Crippen LogP contribution in [0.4, 0.5) is 21.5 Å². The number of nitrogens with one attached hydrogen (secondary N) is 1. The fourth-order valence-electron chi connectivity index (χ4n) is 1.41. The van der Waals surface area contributed by atoms with Gasteiger partial charge in [0.1, 0.15) is 5.82 Å². The summed E-state index contributed by atoms with van der Waals surface area (Å²) in [5, 5.41) is 3.12. The van der Waals surface area contributed by atoms with Crippen LogP contribution in [-0.4, -0.2) is 0 Å². The maximum atomic E-state index is 13.2. The highest BCUT2D eigenvalue weighted by molar-refractivity contribution is 9.11. The number of nitrogen functional groups attached to an aromatic ring is 1. The minimum absolute atomic E-state index is 0.0277. The molecular weight excluding hydrogens is 386 g/mol. The van der Waals surface area contributed by atoms with Gasteiger partial charge in [-0.1, -0.05) is 27.5 Å². The Morgan fingerprint density at radius 2 is 1.83 bits per heavy atom. The van der Waals surface area contributed by atoms with Gasteiger partial charge in [-0.15, -0.1) is 0 Å². The van der Waals surface area contributed by atoms with Gasteiger partial charge in [0.05, 0.1) is 22.1 Å². The quantitative estimate of drug-likeness (QED) is 0.676. The molecule has 2 nitrogen and oxygen atoms in total. The molecule has 0 amide bonds. The molecule has 3 N–H and O–H groups in total. The maximum absolute atomic E-state index is 13.2. The van der Waals surface area contributed by atoms with Crippen molar-refractivity contribution in [1.82, 2.24) is 0 Å². The molecule has 94 valence electrons. The molecule has 6 heteroatoms. The van der Waals surface area contributed by atoms with Crippen LogP contribution in [0.5, 0.6) is 0 Å². The molecule has 0 bridgehead atoms. The van der Waals surface area contributed by atoms with E-state index in [4.69, 9.17) is 17.3 Å². The van der Waals surface area contributed by atoms with Crippen molar-refractivity contribution in [2.45, 2.75) is 0 Å². The van der Waals surface area contributed by atoms with Gasteiger partial charge >= 0.3 is 0 Å². The number of halogens is 4. The molecule has 0 aliphatic carbocycles. The number of hydrogen-bond acceptors (Lipinski definition) is 2. The summed E-state index contributed by atoms with van der Waals surface area (Å²) in [5.74, 6) is -0.533. The molecule has 0 atom stereocenters. The van der Waals surface area contributed by atoms with Crippen LogP contribution >= 0.6 is 43.5 Å². The largest absolute Gasteiger partial charge is 0.397 e. The van der Waals surface area contributed by atoms with Crippen LogP contribution in [0.15, 0.2) is 39.3 Å². The van der Waals surface area contributed by atoms with Gasteiger partial charge in [0.15, 0.2) is 0 Å². The summed E-state index contributed by atoms with van der Waals surface area (Å²) in [6.45, 7) is 0. The third kappa shape index (κ3) is 2.96. The minimum atomic E-state index is -0.533. The van der Waals surface area contributed by atoms with Gasteiger partial charge in [-0.2, -0.15) is 0 Å². The molecule has 0 saturated heterocycles. The second-order valence-electron chi connectivity index (χ2n) is 3.60. The van der Waals surface area contributed by atoms with Crippen LogP contribution in [0.2, 0.25) is 5.02 Å². The molecule has 0 aromatic heterocycles. The van der Waals surface area contributed by atoms with Gasteiger partial charge in [-0.3, -0.25) is 0 Å². The molecule has 18 heavy (non-hydrogen) atoms. The lowest BCUT2D eigenvalue weighted by molar-refractivity contribution is 0.629. The van der Waals surface area contributed by atoms with E-state index in [2.05, 4.69) is 37.2 Å². The molecule has 2 aromatic carbocycles. The third-order valence-electron chi connectivity index (χ3n) is 2.29. The molecule has 0 aliphatic rings. The fourth-order valence-corrected chi connectivity index (χ4v) is 2.72. The predicted octanol–water partition coefficient (Wildman–Crippen LogP) is 5.33. The predicted molar refractivity (Wildman–Crippen MR) is 80.9 cm³/mol. The van der Waals surface area contributed by atoms with Gasteiger partial charge in [0, 0.05) is 15.0 Å². The summed E-state index contributed by atoms with van der Waals surface area (Å²) in [7, 11) is 0. The van der Waals surface area contributed by atoms with E-state index < -0.39 is 5.82 Å². The smallest absolute Gasteiger partial charge is 0.143 e. The SMILES string of the molecule is Nc1cc(F)c(Cl)cc1Nc1ccc(Br)cc1Br. The van der Waals surface area contributed by atoms with Gasteiger partial charge < -0.3 is 11.1 Å². The molecular formula is C12H8Br2ClFN2. The second-order valence-corrected chi connectivity index (χ2v) is 5.78. The zero-order valence-corrected chi connectivity index (χ0v) is 12.9. The summed E-state index contributed by atoms with van der Waals surface area (Å²) in [6, 6.07) is 8.29. The first kappa shape index (κ1) is 13.6. The zero-order chi connectivity index (χ0) is 13.3. The topological polar surface area (TPSA) is 38.0 Å². The summed E-state index contributed by atoms with van der Waals surface area (Å²) in [5.41, 5.74) is 7.40. The van der Waals surface area contributed by atoms with E-state index in [0.29, 0.717) is 11.4 Å². The fraction of sp³-hybridized carbons (Fsp3) is 0. The summed E-state index contributed by atoms with van der Waals surface area (Å²) in [4.78, 5) is 0. The molecule has 0 saturated carbocycles. The van der Waals surface area contributed by atoms with E-state index >= 15 is 0 Å². The highest BCUT2D eigenvalue weighted by Crippen LogP contribution is 2.33. The Morgan fingerprint density at radius 3 is 2.50 bits per heavy atom. The van der Waals surface area contributed by atoms with Gasteiger partial charge in [-0.25, -0.2) is 4.39 Å². The van der Waals surface area contributed by atoms with Crippen LogP contribution in [0.1, 0.15) is 0 Å². The normalized spacial score (nSPS) is 10.4. The summed E-state index contributed by atoms with van der Waals surface area (Å²) in [6.07, 6.45) is 0. The van der Waals surface area contributed by atoms with Crippen molar-refractivity contribution in [3.8, 4) is 0 Å². The lowest BCUT2D eigenvalue weighted by Crippen LogP contribution is -1.98. The Morgan fingerprint density at radius 1 is 1.11 bits per heavy atom. The Labute approximate surface area is 126 Å². The molecule has 0 unspecified atom stereocenters. The Kier molecular flexibility index (Phi) is 4.14. The Balaban J connectivity index is 2.37. The Hall–Kier alpha value is -0.780. The molecule has 0 fully saturated rings. The molecule has 0 aliphatic heterocycles. The van der Waals surface area contributed by atoms with E-state index in [0.717, 1.165) is 14.6 Å². The zero-order valence-electron chi connectivity index (χ0n) is 8.98. The van der Waals surface area contributed by atoms with Crippen molar-refractivity contribution in [3.05, 3.63) is 50.1 Å². The first-order valence-electron chi connectivity index (χ1n) is 4.94. The number of anilines is 3. The molecule has 0 radical (unpaired) electrons. The van der Waals surface area contributed by atoms with Crippen molar-refractivity contribution in [3.63, 3.8) is 0 Å². The van der Waals surface area contributed by atoms with Crippen LogP contribution in [-0.2, 0) is 0 Å². The van der Waals surface area contributed by atoms with Crippen LogP contribution in [0, 0.1) is 5.82 Å². The first-order valence-corrected chi connectivity index (χ1v) is 6.90. The van der Waals surface area contributed by atoms with E-state index in [1.807, 2.05) is 18.2 Å². The molecule has 0 heterocycles.